The minimum Gasteiger partial charge on any atom is -0.372 e. The zero-order chi connectivity index (χ0) is 14.8. The van der Waals surface area contributed by atoms with Gasteiger partial charge in [0, 0.05) is 12.0 Å². The standard InChI is InChI=1S/C16H20ClNO2/c1-16(2)9-8-12(20-16)10-13(15(18)19)14(17)11-6-4-3-5-7-11/h3-7,12H,8-10H2,1-2H3,(H2,18,19)/b14-13+. The smallest absolute Gasteiger partial charge is 0.246 e. The van der Waals surface area contributed by atoms with E-state index in [-0.39, 0.29) is 11.7 Å². The van der Waals surface area contributed by atoms with E-state index in [0.29, 0.717) is 17.0 Å². The third-order valence-electron chi connectivity index (χ3n) is 3.58. The summed E-state index contributed by atoms with van der Waals surface area (Å²) in [6.45, 7) is 4.11. The summed E-state index contributed by atoms with van der Waals surface area (Å²) in [5.41, 5.74) is 6.60. The molecule has 1 saturated heterocycles. The van der Waals surface area contributed by atoms with E-state index >= 15 is 0 Å². The van der Waals surface area contributed by atoms with Gasteiger partial charge in [0.1, 0.15) is 0 Å². The fraction of sp³-hybridized carbons (Fsp3) is 0.438. The van der Waals surface area contributed by atoms with E-state index in [1.54, 1.807) is 0 Å². The molecule has 0 aliphatic carbocycles. The highest BCUT2D eigenvalue weighted by molar-refractivity contribution is 6.51. The van der Waals surface area contributed by atoms with Gasteiger partial charge in [-0.15, -0.1) is 0 Å². The van der Waals surface area contributed by atoms with Crippen molar-refractivity contribution in [3.63, 3.8) is 0 Å². The highest BCUT2D eigenvalue weighted by Crippen LogP contribution is 2.34. The van der Waals surface area contributed by atoms with Gasteiger partial charge in [0.05, 0.1) is 16.7 Å². The number of nitrogens with two attached hydrogens (primary N) is 1. The van der Waals surface area contributed by atoms with Gasteiger partial charge < -0.3 is 10.5 Å². The average molecular weight is 294 g/mol. The molecular weight excluding hydrogens is 274 g/mol. The second-order valence-corrected chi connectivity index (χ2v) is 6.14. The fourth-order valence-corrected chi connectivity index (χ4v) is 2.80. The molecular formula is C16H20ClNO2. The van der Waals surface area contributed by atoms with Crippen LogP contribution in [0.2, 0.25) is 0 Å². The van der Waals surface area contributed by atoms with Gasteiger partial charge in [0.2, 0.25) is 5.91 Å². The van der Waals surface area contributed by atoms with E-state index in [1.807, 2.05) is 30.3 Å². The molecule has 2 rings (SSSR count). The third kappa shape index (κ3) is 3.62. The summed E-state index contributed by atoms with van der Waals surface area (Å²) in [5, 5.41) is 0.423. The Morgan fingerprint density at radius 1 is 1.40 bits per heavy atom. The topological polar surface area (TPSA) is 52.3 Å². The molecule has 0 saturated carbocycles. The molecule has 3 nitrogen and oxygen atoms in total. The molecule has 1 aliphatic heterocycles. The molecule has 4 heteroatoms. The molecule has 0 radical (unpaired) electrons. The van der Waals surface area contributed by atoms with Crippen molar-refractivity contribution >= 4 is 22.5 Å². The number of hydrogen-bond donors (Lipinski definition) is 1. The van der Waals surface area contributed by atoms with Gasteiger partial charge in [-0.05, 0) is 32.3 Å². The van der Waals surface area contributed by atoms with Crippen molar-refractivity contribution in [2.75, 3.05) is 0 Å². The van der Waals surface area contributed by atoms with Gasteiger partial charge in [0.25, 0.3) is 0 Å². The molecule has 0 aromatic heterocycles. The molecule has 1 heterocycles. The summed E-state index contributed by atoms with van der Waals surface area (Å²) in [6, 6.07) is 9.40. The number of rotatable bonds is 4. The van der Waals surface area contributed by atoms with Crippen LogP contribution in [0.1, 0.15) is 38.7 Å². The van der Waals surface area contributed by atoms with E-state index in [9.17, 15) is 4.79 Å². The molecule has 1 fully saturated rings. The van der Waals surface area contributed by atoms with E-state index in [1.165, 1.54) is 0 Å². The Balaban J connectivity index is 2.22. The molecule has 1 unspecified atom stereocenters. The van der Waals surface area contributed by atoms with Crippen LogP contribution in [0.25, 0.3) is 5.03 Å². The molecule has 0 spiro atoms. The van der Waals surface area contributed by atoms with Crippen LogP contribution in [0, 0.1) is 0 Å². The number of primary amides is 1. The van der Waals surface area contributed by atoms with Crippen LogP contribution in [0.4, 0.5) is 0 Å². The molecule has 1 amide bonds. The maximum Gasteiger partial charge on any atom is 0.246 e. The fourth-order valence-electron chi connectivity index (χ4n) is 2.51. The lowest BCUT2D eigenvalue weighted by Crippen LogP contribution is -2.23. The van der Waals surface area contributed by atoms with Crippen LogP contribution in [-0.2, 0) is 9.53 Å². The number of ether oxygens (including phenoxy) is 1. The Morgan fingerprint density at radius 3 is 2.55 bits per heavy atom. The van der Waals surface area contributed by atoms with Crippen LogP contribution in [0.15, 0.2) is 35.9 Å². The highest BCUT2D eigenvalue weighted by atomic mass is 35.5. The lowest BCUT2D eigenvalue weighted by Gasteiger charge is -2.20. The quantitative estimate of drug-likeness (QED) is 0.864. The summed E-state index contributed by atoms with van der Waals surface area (Å²) in [7, 11) is 0. The van der Waals surface area contributed by atoms with Gasteiger partial charge >= 0.3 is 0 Å². The van der Waals surface area contributed by atoms with E-state index in [2.05, 4.69) is 13.8 Å². The Labute approximate surface area is 124 Å². The second kappa shape index (κ2) is 5.98. The maximum atomic E-state index is 11.7. The van der Waals surface area contributed by atoms with Gasteiger partial charge in [-0.3, -0.25) is 4.79 Å². The minimum atomic E-state index is -0.479. The summed E-state index contributed by atoms with van der Waals surface area (Å²) in [5.74, 6) is -0.479. The lowest BCUT2D eigenvalue weighted by atomic mass is 10.0. The SMILES string of the molecule is CC1(C)CCC(C/C(C(N)=O)=C(\Cl)c2ccccc2)O1. The normalized spacial score (nSPS) is 22.4. The van der Waals surface area contributed by atoms with Gasteiger partial charge in [-0.2, -0.15) is 0 Å². The van der Waals surface area contributed by atoms with Crippen LogP contribution in [0.5, 0.6) is 0 Å². The number of hydrogen-bond acceptors (Lipinski definition) is 2. The molecule has 108 valence electrons. The van der Waals surface area contributed by atoms with Crippen molar-refractivity contribution in [1.29, 1.82) is 0 Å². The van der Waals surface area contributed by atoms with Gasteiger partial charge in [-0.25, -0.2) is 0 Å². The predicted octanol–water partition coefficient (Wildman–Crippen LogP) is 3.47. The van der Waals surface area contributed by atoms with Crippen molar-refractivity contribution in [2.45, 2.75) is 44.8 Å². The number of carbonyl (C=O) groups is 1. The number of halogens is 1. The molecule has 2 N–H and O–H groups in total. The number of amides is 1. The highest BCUT2D eigenvalue weighted by Gasteiger charge is 2.33. The molecule has 20 heavy (non-hydrogen) atoms. The summed E-state index contributed by atoms with van der Waals surface area (Å²) in [4.78, 5) is 11.7. The summed E-state index contributed by atoms with van der Waals surface area (Å²) < 4.78 is 5.91. The molecule has 1 aromatic rings. The molecule has 0 bridgehead atoms. The number of benzene rings is 1. The minimum absolute atomic E-state index is 0.00459. The maximum absolute atomic E-state index is 11.7. The van der Waals surface area contributed by atoms with E-state index < -0.39 is 5.91 Å². The van der Waals surface area contributed by atoms with Crippen molar-refractivity contribution in [2.24, 2.45) is 5.73 Å². The van der Waals surface area contributed by atoms with Gasteiger partial charge in [-0.1, -0.05) is 41.9 Å². The van der Waals surface area contributed by atoms with Gasteiger partial charge in [0.15, 0.2) is 0 Å². The first-order valence-corrected chi connectivity index (χ1v) is 7.18. The number of carbonyl (C=O) groups excluding carboxylic acids is 1. The first-order chi connectivity index (χ1) is 9.39. The van der Waals surface area contributed by atoms with Crippen molar-refractivity contribution in [3.8, 4) is 0 Å². The molecule has 1 atom stereocenters. The van der Waals surface area contributed by atoms with Crippen LogP contribution >= 0.6 is 11.6 Å². The average Bonchev–Trinajstić information content (AvgIpc) is 2.75. The Bertz CT molecular complexity index is 523. The van der Waals surface area contributed by atoms with Crippen LogP contribution in [-0.4, -0.2) is 17.6 Å². The first-order valence-electron chi connectivity index (χ1n) is 6.81. The molecule has 1 aromatic carbocycles. The Kier molecular flexibility index (Phi) is 4.51. The predicted molar refractivity (Wildman–Crippen MR) is 81.2 cm³/mol. The lowest BCUT2D eigenvalue weighted by molar-refractivity contribution is -0.115. The monoisotopic (exact) mass is 293 g/mol. The van der Waals surface area contributed by atoms with Crippen LogP contribution < -0.4 is 5.73 Å². The summed E-state index contributed by atoms with van der Waals surface area (Å²) in [6.07, 6.45) is 2.37. The van der Waals surface area contributed by atoms with Crippen molar-refractivity contribution in [1.82, 2.24) is 0 Å². The van der Waals surface area contributed by atoms with E-state index in [0.717, 1.165) is 18.4 Å². The Morgan fingerprint density at radius 2 is 2.05 bits per heavy atom. The zero-order valence-electron chi connectivity index (χ0n) is 11.9. The zero-order valence-corrected chi connectivity index (χ0v) is 12.6. The van der Waals surface area contributed by atoms with Crippen LogP contribution in [0.3, 0.4) is 0 Å². The summed E-state index contributed by atoms with van der Waals surface area (Å²) >= 11 is 6.34. The third-order valence-corrected chi connectivity index (χ3v) is 4.02. The largest absolute Gasteiger partial charge is 0.372 e. The van der Waals surface area contributed by atoms with Crippen molar-refractivity contribution < 1.29 is 9.53 Å². The molecule has 1 aliphatic rings. The van der Waals surface area contributed by atoms with E-state index in [4.69, 9.17) is 22.1 Å². The first kappa shape index (κ1) is 15.1. The Hall–Kier alpha value is -1.32. The van der Waals surface area contributed by atoms with Crippen molar-refractivity contribution in [3.05, 3.63) is 41.5 Å². The second-order valence-electron chi connectivity index (χ2n) is 5.77.